The zero-order chi connectivity index (χ0) is 32.6. The number of anilines is 3. The Morgan fingerprint density at radius 2 is 1.91 bits per heavy atom. The van der Waals surface area contributed by atoms with E-state index in [4.69, 9.17) is 4.74 Å². The number of aryl methyl sites for hydroxylation is 1. The summed E-state index contributed by atoms with van der Waals surface area (Å²) in [6.45, 7) is 8.53. The fourth-order valence-corrected chi connectivity index (χ4v) is 6.85. The third-order valence-electron chi connectivity index (χ3n) is 7.81. The number of nitriles is 1. The predicted octanol–water partition coefficient (Wildman–Crippen LogP) is 7.30. The largest absolute Gasteiger partial charge is 0.457 e. The van der Waals surface area contributed by atoms with Gasteiger partial charge in [0, 0.05) is 25.3 Å². The number of aromatic nitrogens is 1. The Kier molecular flexibility index (Phi) is 8.23. The van der Waals surface area contributed by atoms with Crippen molar-refractivity contribution < 1.29 is 19.1 Å². The first kappa shape index (κ1) is 30.8. The highest BCUT2D eigenvalue weighted by molar-refractivity contribution is 7.21. The van der Waals surface area contributed by atoms with E-state index >= 15 is 0 Å². The Labute approximate surface area is 271 Å². The molecule has 10 nitrogen and oxygen atoms in total. The molecular weight excluding hydrogens is 600 g/mol. The SMILES string of the molecule is Cc1cc(Oc2ccccc2)ccc1N1C(=O)Nc2c(C(=O)NC3CCCN(C(=O)C(C#N)=CC(C)(C)C)C3)sc3nccc1c23. The summed E-state index contributed by atoms with van der Waals surface area (Å²) in [5.74, 6) is 0.689. The zero-order valence-electron chi connectivity index (χ0n) is 26.1. The standard InChI is InChI=1S/C35H34N6O4S/c1-21-17-25(45-24-10-6-5-7-11-24)12-13-26(21)41-27-14-15-37-32-28(27)29(39-34(41)44)30(46-32)31(42)38-23-9-8-16-40(20-23)33(43)22(19-36)18-35(2,3)4/h5-7,10-15,17-18,23H,8-9,16,20H2,1-4H3,(H,38,42)(H,39,44). The fourth-order valence-electron chi connectivity index (χ4n) is 5.83. The highest BCUT2D eigenvalue weighted by atomic mass is 32.1. The number of pyridine rings is 1. The smallest absolute Gasteiger partial charge is 0.331 e. The lowest BCUT2D eigenvalue weighted by Crippen LogP contribution is -2.50. The Bertz CT molecular complexity index is 1920. The molecule has 6 rings (SSSR count). The van der Waals surface area contributed by atoms with Crippen molar-refractivity contribution in [2.45, 2.75) is 46.6 Å². The molecule has 0 saturated carbocycles. The van der Waals surface area contributed by atoms with E-state index < -0.39 is 6.03 Å². The van der Waals surface area contributed by atoms with Gasteiger partial charge in [0.05, 0.1) is 22.4 Å². The van der Waals surface area contributed by atoms with Crippen molar-refractivity contribution >= 4 is 56.5 Å². The van der Waals surface area contributed by atoms with Gasteiger partial charge in [0.15, 0.2) is 0 Å². The Morgan fingerprint density at radius 1 is 1.13 bits per heavy atom. The molecule has 0 spiro atoms. The average molecular weight is 635 g/mol. The number of rotatable bonds is 6. The molecule has 1 unspecified atom stereocenters. The molecule has 0 bridgehead atoms. The van der Waals surface area contributed by atoms with E-state index in [1.807, 2.05) is 82.3 Å². The third kappa shape index (κ3) is 6.17. The topological polar surface area (TPSA) is 128 Å². The van der Waals surface area contributed by atoms with Crippen LogP contribution in [0.4, 0.5) is 21.9 Å². The van der Waals surface area contributed by atoms with Crippen LogP contribution < -0.4 is 20.3 Å². The van der Waals surface area contributed by atoms with E-state index in [2.05, 4.69) is 15.6 Å². The molecule has 0 radical (unpaired) electrons. The van der Waals surface area contributed by atoms with E-state index in [-0.39, 0.29) is 28.8 Å². The number of likely N-dealkylation sites (tertiary alicyclic amines) is 1. The van der Waals surface area contributed by atoms with Gasteiger partial charge in [0.25, 0.3) is 11.8 Å². The van der Waals surface area contributed by atoms with Crippen molar-refractivity contribution in [2.24, 2.45) is 5.41 Å². The van der Waals surface area contributed by atoms with Crippen LogP contribution in [-0.2, 0) is 4.79 Å². The number of hydrogen-bond acceptors (Lipinski definition) is 7. The van der Waals surface area contributed by atoms with Gasteiger partial charge in [-0.2, -0.15) is 5.26 Å². The molecule has 2 N–H and O–H groups in total. The maximum Gasteiger partial charge on any atom is 0.331 e. The van der Waals surface area contributed by atoms with E-state index in [0.29, 0.717) is 69.6 Å². The van der Waals surface area contributed by atoms with Gasteiger partial charge in [-0.15, -0.1) is 11.3 Å². The highest BCUT2D eigenvalue weighted by Gasteiger charge is 2.35. The molecule has 4 heterocycles. The number of hydrogen-bond donors (Lipinski definition) is 2. The number of nitrogens with zero attached hydrogens (tertiary/aromatic N) is 4. The molecule has 1 saturated heterocycles. The molecule has 2 aromatic heterocycles. The summed E-state index contributed by atoms with van der Waals surface area (Å²) in [6.07, 6.45) is 4.70. The van der Waals surface area contributed by atoms with Gasteiger partial charge >= 0.3 is 6.03 Å². The summed E-state index contributed by atoms with van der Waals surface area (Å²) >= 11 is 1.21. The van der Waals surface area contributed by atoms with Crippen LogP contribution in [0.1, 0.15) is 48.8 Å². The van der Waals surface area contributed by atoms with Gasteiger partial charge in [-0.3, -0.25) is 14.5 Å². The Hall–Kier alpha value is -5.21. The van der Waals surface area contributed by atoms with Crippen molar-refractivity contribution in [1.82, 2.24) is 15.2 Å². The second-order valence-electron chi connectivity index (χ2n) is 12.5. The minimum absolute atomic E-state index is 0.105. The summed E-state index contributed by atoms with van der Waals surface area (Å²) in [5, 5.41) is 16.3. The highest BCUT2D eigenvalue weighted by Crippen LogP contribution is 2.46. The molecule has 46 heavy (non-hydrogen) atoms. The maximum absolute atomic E-state index is 13.7. The van der Waals surface area contributed by atoms with E-state index in [1.54, 1.807) is 28.1 Å². The van der Waals surface area contributed by atoms with E-state index in [0.717, 1.165) is 5.56 Å². The molecule has 2 aliphatic rings. The van der Waals surface area contributed by atoms with Gasteiger partial charge in [-0.1, -0.05) is 45.0 Å². The van der Waals surface area contributed by atoms with Crippen molar-refractivity contribution in [3.63, 3.8) is 0 Å². The number of piperidine rings is 1. The molecule has 4 aromatic rings. The van der Waals surface area contributed by atoms with Gasteiger partial charge < -0.3 is 20.3 Å². The van der Waals surface area contributed by atoms with Crippen LogP contribution in [0.3, 0.4) is 0 Å². The minimum atomic E-state index is -0.392. The lowest BCUT2D eigenvalue weighted by molar-refractivity contribution is -0.128. The van der Waals surface area contributed by atoms with Crippen LogP contribution in [0.25, 0.3) is 10.2 Å². The quantitative estimate of drug-likeness (QED) is 0.169. The summed E-state index contributed by atoms with van der Waals surface area (Å²) in [6, 6.07) is 18.1. The van der Waals surface area contributed by atoms with Crippen LogP contribution in [0.15, 0.2) is 72.4 Å². The van der Waals surface area contributed by atoms with Crippen molar-refractivity contribution in [2.75, 3.05) is 23.3 Å². The lowest BCUT2D eigenvalue weighted by Gasteiger charge is -2.33. The number of benzene rings is 2. The fraction of sp³-hybridized carbons (Fsp3) is 0.286. The molecule has 2 aliphatic heterocycles. The molecule has 0 aliphatic carbocycles. The van der Waals surface area contributed by atoms with Gasteiger partial charge in [-0.25, -0.2) is 9.78 Å². The molecule has 11 heteroatoms. The first-order valence-corrected chi connectivity index (χ1v) is 15.9. The summed E-state index contributed by atoms with van der Waals surface area (Å²) in [5.41, 5.74) is 2.34. The number of ether oxygens (including phenoxy) is 1. The second-order valence-corrected chi connectivity index (χ2v) is 13.5. The predicted molar refractivity (Wildman–Crippen MR) is 179 cm³/mol. The van der Waals surface area contributed by atoms with Crippen LogP contribution in [-0.4, -0.2) is 46.9 Å². The molecular formula is C35H34N6O4S. The van der Waals surface area contributed by atoms with Gasteiger partial charge in [0.2, 0.25) is 0 Å². The van der Waals surface area contributed by atoms with E-state index in [1.165, 1.54) is 11.3 Å². The monoisotopic (exact) mass is 634 g/mol. The first-order valence-electron chi connectivity index (χ1n) is 15.1. The summed E-state index contributed by atoms with van der Waals surface area (Å²) in [4.78, 5) is 49.2. The minimum Gasteiger partial charge on any atom is -0.457 e. The first-order chi connectivity index (χ1) is 22.0. The number of thiophene rings is 1. The average Bonchev–Trinajstić information content (AvgIpc) is 3.40. The van der Waals surface area contributed by atoms with Crippen LogP contribution in [0.2, 0.25) is 0 Å². The van der Waals surface area contributed by atoms with Gasteiger partial charge in [-0.05, 0) is 67.1 Å². The number of urea groups is 1. The summed E-state index contributed by atoms with van der Waals surface area (Å²) < 4.78 is 5.98. The third-order valence-corrected chi connectivity index (χ3v) is 8.91. The van der Waals surface area contributed by atoms with Crippen molar-refractivity contribution in [1.29, 1.82) is 5.26 Å². The lowest BCUT2D eigenvalue weighted by atomic mass is 9.93. The molecule has 2 aromatic carbocycles. The second kappa shape index (κ2) is 12.3. The number of para-hydroxylation sites is 1. The normalized spacial score (nSPS) is 16.5. The van der Waals surface area contributed by atoms with Gasteiger partial charge in [0.1, 0.15) is 32.8 Å². The van der Waals surface area contributed by atoms with E-state index in [9.17, 15) is 19.6 Å². The van der Waals surface area contributed by atoms with Crippen LogP contribution in [0, 0.1) is 23.7 Å². The zero-order valence-corrected chi connectivity index (χ0v) is 26.9. The number of carbonyl (C=O) groups excluding carboxylic acids is 3. The number of nitrogens with one attached hydrogen (secondary N) is 2. The van der Waals surface area contributed by atoms with Crippen LogP contribution in [0.5, 0.6) is 11.5 Å². The molecule has 4 amide bonds. The Balaban J connectivity index is 1.24. The molecule has 234 valence electrons. The molecule has 1 fully saturated rings. The number of carbonyl (C=O) groups is 3. The van der Waals surface area contributed by atoms with Crippen molar-refractivity contribution in [3.05, 3.63) is 82.9 Å². The Morgan fingerprint density at radius 3 is 2.63 bits per heavy atom. The number of amides is 4. The number of allylic oxidation sites excluding steroid dienone is 1. The van der Waals surface area contributed by atoms with Crippen molar-refractivity contribution in [3.8, 4) is 17.6 Å². The van der Waals surface area contributed by atoms with Crippen LogP contribution >= 0.6 is 11.3 Å². The summed E-state index contributed by atoms with van der Waals surface area (Å²) in [7, 11) is 0. The molecule has 1 atom stereocenters. The maximum atomic E-state index is 13.7.